The van der Waals surface area contributed by atoms with E-state index in [0.717, 1.165) is 39.9 Å². The second-order valence-electron chi connectivity index (χ2n) is 13.3. The predicted octanol–water partition coefficient (Wildman–Crippen LogP) is 6.01. The Hall–Kier alpha value is -4.15. The molecular weight excluding hydrogens is 699 g/mol. The lowest BCUT2D eigenvalue weighted by molar-refractivity contribution is -0.137. The lowest BCUT2D eigenvalue weighted by Gasteiger charge is -2.41. The first kappa shape index (κ1) is 35.7. The average molecular weight is 736 g/mol. The van der Waals surface area contributed by atoms with E-state index in [2.05, 4.69) is 10.4 Å². The monoisotopic (exact) mass is 735 g/mol. The molecule has 0 radical (unpaired) electrons. The second kappa shape index (κ2) is 13.5. The van der Waals surface area contributed by atoms with Crippen LogP contribution >= 0.6 is 22.9 Å². The number of carbonyl (C=O) groups excluding carboxylic acids is 2. The van der Waals surface area contributed by atoms with Crippen molar-refractivity contribution < 1.29 is 32.2 Å². The van der Waals surface area contributed by atoms with Crippen molar-refractivity contribution in [1.82, 2.24) is 24.1 Å². The number of thiophene rings is 1. The van der Waals surface area contributed by atoms with E-state index in [0.29, 0.717) is 49.9 Å². The maximum Gasteiger partial charge on any atom is 0.416 e. The molecule has 4 aromatic rings. The van der Waals surface area contributed by atoms with Crippen LogP contribution in [0.1, 0.15) is 56.3 Å². The number of hydrogen-bond acceptors (Lipinski definition) is 9. The number of rotatable bonds is 6. The quantitative estimate of drug-likeness (QED) is 0.256. The zero-order valence-electron chi connectivity index (χ0n) is 28.2. The Morgan fingerprint density at radius 3 is 2.58 bits per heavy atom. The summed E-state index contributed by atoms with van der Waals surface area (Å²) in [6.45, 7) is 10.7. The number of carbonyl (C=O) groups is 2. The summed E-state index contributed by atoms with van der Waals surface area (Å²) in [5, 5.41) is 6.96. The van der Waals surface area contributed by atoms with Crippen LogP contribution < -0.4 is 15.8 Å². The minimum Gasteiger partial charge on any atom is -0.444 e. The summed E-state index contributed by atoms with van der Waals surface area (Å²) in [4.78, 5) is 50.9. The van der Waals surface area contributed by atoms with E-state index >= 15 is 0 Å². The van der Waals surface area contributed by atoms with E-state index in [-0.39, 0.29) is 35.6 Å². The summed E-state index contributed by atoms with van der Waals surface area (Å²) < 4.78 is 53.6. The molecule has 1 aromatic carbocycles. The molecule has 1 N–H and O–H groups in total. The van der Waals surface area contributed by atoms with E-state index < -0.39 is 34.9 Å². The minimum absolute atomic E-state index is 0.000588. The van der Waals surface area contributed by atoms with Crippen molar-refractivity contribution >= 4 is 52.1 Å². The van der Waals surface area contributed by atoms with Gasteiger partial charge in [0.25, 0.3) is 5.56 Å². The number of aromatic nitrogens is 4. The number of alkyl halides is 3. The fourth-order valence-corrected chi connectivity index (χ4v) is 7.48. The first-order valence-corrected chi connectivity index (χ1v) is 17.4. The number of amides is 2. The fourth-order valence-electron chi connectivity index (χ4n) is 6.17. The normalized spacial score (nSPS) is 16.9. The largest absolute Gasteiger partial charge is 0.444 e. The molecule has 2 aliphatic rings. The minimum atomic E-state index is -4.60. The van der Waals surface area contributed by atoms with E-state index in [1.54, 1.807) is 30.2 Å². The van der Waals surface area contributed by atoms with Gasteiger partial charge in [0, 0.05) is 30.6 Å². The van der Waals surface area contributed by atoms with Crippen LogP contribution in [0.25, 0.3) is 16.5 Å². The number of fused-ring (bicyclic) bond motifs is 2. The maximum atomic E-state index is 14.3. The number of ether oxygens (including phenoxy) is 2. The summed E-state index contributed by atoms with van der Waals surface area (Å²) >= 11 is 7.62. The number of hydrogen-bond donors (Lipinski definition) is 1. The summed E-state index contributed by atoms with van der Waals surface area (Å²) in [6.07, 6.45) is -3.98. The number of halogens is 4. The van der Waals surface area contributed by atoms with Gasteiger partial charge < -0.3 is 29.2 Å². The first-order chi connectivity index (χ1) is 23.5. The molecule has 6 rings (SSSR count). The molecular formula is C33H37ClF3N7O5S. The Kier molecular flexibility index (Phi) is 9.65. The Morgan fingerprint density at radius 2 is 1.94 bits per heavy atom. The van der Waals surface area contributed by atoms with Gasteiger partial charge in [-0.25, -0.2) is 4.79 Å². The number of nitrogens with zero attached hydrogens (tertiary/aromatic N) is 6. The van der Waals surface area contributed by atoms with Crippen molar-refractivity contribution in [2.75, 3.05) is 36.5 Å². The summed E-state index contributed by atoms with van der Waals surface area (Å²) in [5.74, 6) is -0.166. The van der Waals surface area contributed by atoms with Gasteiger partial charge in [0.05, 0.1) is 40.1 Å². The fraction of sp³-hybridized carbons (Fsp3) is 0.485. The molecule has 5 heterocycles. The first-order valence-electron chi connectivity index (χ1n) is 16.2. The smallest absolute Gasteiger partial charge is 0.416 e. The summed E-state index contributed by atoms with van der Waals surface area (Å²) in [6, 6.07) is 4.36. The number of benzene rings is 1. The molecule has 17 heteroatoms. The topological polar surface area (TPSA) is 123 Å². The molecule has 1 fully saturated rings. The molecule has 50 heavy (non-hydrogen) atoms. The van der Waals surface area contributed by atoms with Gasteiger partial charge in [0.2, 0.25) is 11.7 Å². The predicted molar refractivity (Wildman–Crippen MR) is 183 cm³/mol. The van der Waals surface area contributed by atoms with Crippen molar-refractivity contribution in [3.8, 4) is 10.7 Å². The van der Waals surface area contributed by atoms with Gasteiger partial charge in [-0.05, 0) is 70.4 Å². The van der Waals surface area contributed by atoms with Crippen LogP contribution in [0.2, 0.25) is 5.02 Å². The third-order valence-electron chi connectivity index (χ3n) is 8.47. The highest BCUT2D eigenvalue weighted by molar-refractivity contribution is 7.15. The SMILES string of the molecule is CCc1c(N2CCN(C(=O)OC(C)(C)C)[C@H](C)C2)c(=O)n2nc(-c3cc4c(s3)COCC4)nc2n1CC(=O)Nc1ccc(C(F)(F)F)cc1Cl. The molecule has 0 bridgehead atoms. The van der Waals surface area contributed by atoms with Crippen LogP contribution in [-0.2, 0) is 46.4 Å². The van der Waals surface area contributed by atoms with Crippen molar-refractivity contribution in [2.24, 2.45) is 0 Å². The second-order valence-corrected chi connectivity index (χ2v) is 14.8. The Morgan fingerprint density at radius 1 is 1.18 bits per heavy atom. The van der Waals surface area contributed by atoms with Crippen molar-refractivity contribution in [3.63, 3.8) is 0 Å². The van der Waals surface area contributed by atoms with Crippen LogP contribution in [0, 0.1) is 0 Å². The van der Waals surface area contributed by atoms with Gasteiger partial charge in [-0.1, -0.05) is 18.5 Å². The third kappa shape index (κ3) is 7.19. The molecule has 3 aromatic heterocycles. The van der Waals surface area contributed by atoms with Crippen LogP contribution in [0.5, 0.6) is 0 Å². The van der Waals surface area contributed by atoms with Gasteiger partial charge in [-0.2, -0.15) is 22.7 Å². The number of nitrogens with one attached hydrogen (secondary N) is 1. The Balaban J connectivity index is 1.40. The Bertz CT molecular complexity index is 2000. The van der Waals surface area contributed by atoms with Crippen LogP contribution in [0.15, 0.2) is 29.1 Å². The van der Waals surface area contributed by atoms with Gasteiger partial charge in [0.1, 0.15) is 17.8 Å². The van der Waals surface area contributed by atoms with Crippen LogP contribution in [-0.4, -0.2) is 73.9 Å². The molecule has 0 saturated carbocycles. The molecule has 0 spiro atoms. The summed E-state index contributed by atoms with van der Waals surface area (Å²) in [5.41, 5.74) is -0.101. The Labute approximate surface area is 294 Å². The van der Waals surface area contributed by atoms with Gasteiger partial charge in [-0.3, -0.25) is 9.59 Å². The molecule has 268 valence electrons. The molecule has 0 aliphatic carbocycles. The number of anilines is 2. The lowest BCUT2D eigenvalue weighted by Crippen LogP contribution is -2.56. The van der Waals surface area contributed by atoms with E-state index in [4.69, 9.17) is 26.1 Å². The zero-order chi connectivity index (χ0) is 36.1. The van der Waals surface area contributed by atoms with Gasteiger partial charge in [-0.15, -0.1) is 16.4 Å². The highest BCUT2D eigenvalue weighted by Crippen LogP contribution is 2.35. The van der Waals surface area contributed by atoms with Crippen LogP contribution in [0.4, 0.5) is 29.3 Å². The van der Waals surface area contributed by atoms with E-state index in [9.17, 15) is 27.6 Å². The molecule has 1 saturated heterocycles. The van der Waals surface area contributed by atoms with Crippen molar-refractivity contribution in [3.05, 3.63) is 61.3 Å². The van der Waals surface area contributed by atoms with Gasteiger partial charge in [0.15, 0.2) is 5.82 Å². The zero-order valence-corrected chi connectivity index (χ0v) is 29.8. The molecule has 2 aliphatic heterocycles. The van der Waals surface area contributed by atoms with E-state index in [1.807, 2.05) is 24.8 Å². The van der Waals surface area contributed by atoms with E-state index in [1.165, 1.54) is 15.9 Å². The van der Waals surface area contributed by atoms with Crippen LogP contribution in [0.3, 0.4) is 0 Å². The van der Waals surface area contributed by atoms with Gasteiger partial charge >= 0.3 is 12.3 Å². The summed E-state index contributed by atoms with van der Waals surface area (Å²) in [7, 11) is 0. The standard InChI is InChI=1S/C33H37ClF3N7O5S/c1-6-23-27(41-10-11-42(18(2)15-41)31(47)49-32(3,4)5)29(46)44-30(39-28(40-44)24-13-19-9-12-48-17-25(19)50-24)43(23)16-26(45)38-22-8-7-20(14-21(22)34)33(35,36)37/h7-8,13-14,18H,6,9-12,15-17H2,1-5H3,(H,38,45)/t18-/m1/s1. The average Bonchev–Trinajstić information content (AvgIpc) is 3.67. The van der Waals surface area contributed by atoms with Crippen molar-refractivity contribution in [2.45, 2.75) is 78.4 Å². The molecule has 0 unspecified atom stereocenters. The highest BCUT2D eigenvalue weighted by atomic mass is 35.5. The number of piperazine rings is 1. The maximum absolute atomic E-state index is 14.3. The van der Waals surface area contributed by atoms with Crippen molar-refractivity contribution in [1.29, 1.82) is 0 Å². The molecule has 12 nitrogen and oxygen atoms in total. The third-order valence-corrected chi connectivity index (χ3v) is 9.93. The molecule has 2 amide bonds. The highest BCUT2D eigenvalue weighted by Gasteiger charge is 2.35. The lowest BCUT2D eigenvalue weighted by atomic mass is 10.1. The molecule has 1 atom stereocenters.